The fraction of sp³-hybridized carbons (Fsp3) is 0.529. The fourth-order valence-electron chi connectivity index (χ4n) is 2.58. The van der Waals surface area contributed by atoms with Gasteiger partial charge in [-0.1, -0.05) is 24.3 Å². The molecule has 0 heterocycles. The van der Waals surface area contributed by atoms with Crippen LogP contribution in [0.2, 0.25) is 0 Å². The number of benzene rings is 1. The molecule has 0 saturated heterocycles. The van der Waals surface area contributed by atoms with Crippen LogP contribution in [0.25, 0.3) is 6.08 Å². The number of hydrogen-bond donors (Lipinski definition) is 1. The molecule has 0 aliphatic heterocycles. The molecule has 2 fully saturated rings. The summed E-state index contributed by atoms with van der Waals surface area (Å²) in [4.78, 5) is 1.40. The average Bonchev–Trinajstić information content (AvgIpc) is 3.24. The van der Waals surface area contributed by atoms with Crippen LogP contribution in [0.4, 0.5) is 0 Å². The lowest BCUT2D eigenvalue weighted by Crippen LogP contribution is -2.16. The van der Waals surface area contributed by atoms with Gasteiger partial charge in [-0.2, -0.15) is 0 Å². The number of thioether (sulfide) groups is 1. The van der Waals surface area contributed by atoms with E-state index in [-0.39, 0.29) is 6.10 Å². The molecule has 19 heavy (non-hydrogen) atoms. The van der Waals surface area contributed by atoms with E-state index < -0.39 is 0 Å². The van der Waals surface area contributed by atoms with Crippen LogP contribution in [-0.4, -0.2) is 16.5 Å². The van der Waals surface area contributed by atoms with Crippen molar-refractivity contribution < 1.29 is 5.11 Å². The molecule has 0 bridgehead atoms. The number of allylic oxidation sites excluding steroid dienone is 1. The number of aliphatic hydroxyl groups excluding tert-OH is 1. The molecule has 3 rings (SSSR count). The highest BCUT2D eigenvalue weighted by Crippen LogP contribution is 2.39. The molecule has 0 spiro atoms. The van der Waals surface area contributed by atoms with E-state index in [0.29, 0.717) is 5.92 Å². The lowest BCUT2D eigenvalue weighted by atomic mass is 9.87. The first kappa shape index (κ1) is 13.3. The van der Waals surface area contributed by atoms with Crippen molar-refractivity contribution in [3.8, 4) is 0 Å². The van der Waals surface area contributed by atoms with Gasteiger partial charge in [0.05, 0.1) is 6.10 Å². The first-order valence-corrected chi connectivity index (χ1v) is 8.30. The lowest BCUT2D eigenvalue weighted by molar-refractivity contribution is 0.118. The fourth-order valence-corrected chi connectivity index (χ4v) is 3.63. The third-order valence-electron chi connectivity index (χ3n) is 4.01. The normalized spacial score (nSPS) is 27.8. The maximum Gasteiger partial charge on any atom is 0.0540 e. The van der Waals surface area contributed by atoms with Crippen molar-refractivity contribution in [2.45, 2.75) is 54.8 Å². The molecular formula is C17H22OS. The first-order valence-electron chi connectivity index (χ1n) is 7.42. The van der Waals surface area contributed by atoms with Gasteiger partial charge < -0.3 is 5.11 Å². The van der Waals surface area contributed by atoms with Crippen LogP contribution in [0.3, 0.4) is 0 Å². The minimum Gasteiger partial charge on any atom is -0.393 e. The van der Waals surface area contributed by atoms with Crippen LogP contribution in [-0.2, 0) is 0 Å². The Bertz CT molecular complexity index is 425. The van der Waals surface area contributed by atoms with Gasteiger partial charge in [0.15, 0.2) is 0 Å². The highest BCUT2D eigenvalue weighted by Gasteiger charge is 2.22. The van der Waals surface area contributed by atoms with E-state index >= 15 is 0 Å². The summed E-state index contributed by atoms with van der Waals surface area (Å²) in [6.07, 6.45) is 11.5. The van der Waals surface area contributed by atoms with Crippen molar-refractivity contribution in [1.29, 1.82) is 0 Å². The largest absolute Gasteiger partial charge is 0.393 e. The van der Waals surface area contributed by atoms with Crippen LogP contribution in [0.15, 0.2) is 35.2 Å². The Morgan fingerprint density at radius 1 is 0.947 bits per heavy atom. The third-order valence-corrected chi connectivity index (χ3v) is 5.36. The maximum absolute atomic E-state index is 9.49. The summed E-state index contributed by atoms with van der Waals surface area (Å²) < 4.78 is 0. The van der Waals surface area contributed by atoms with Crippen molar-refractivity contribution in [3.05, 3.63) is 35.9 Å². The predicted octanol–water partition coefficient (Wildman–Crippen LogP) is 4.51. The Hall–Kier alpha value is -0.730. The van der Waals surface area contributed by atoms with Gasteiger partial charge >= 0.3 is 0 Å². The zero-order chi connectivity index (χ0) is 13.1. The van der Waals surface area contributed by atoms with E-state index in [1.54, 1.807) is 0 Å². The van der Waals surface area contributed by atoms with E-state index in [9.17, 15) is 5.11 Å². The summed E-state index contributed by atoms with van der Waals surface area (Å²) in [5, 5.41) is 10.4. The summed E-state index contributed by atoms with van der Waals surface area (Å²) in [6, 6.07) is 8.93. The predicted molar refractivity (Wildman–Crippen MR) is 82.3 cm³/mol. The van der Waals surface area contributed by atoms with Gasteiger partial charge in [0, 0.05) is 10.1 Å². The molecule has 0 aromatic heterocycles. The highest BCUT2D eigenvalue weighted by atomic mass is 32.2. The highest BCUT2D eigenvalue weighted by molar-refractivity contribution is 8.00. The molecule has 1 N–H and O–H groups in total. The van der Waals surface area contributed by atoms with E-state index in [1.807, 2.05) is 11.8 Å². The summed E-state index contributed by atoms with van der Waals surface area (Å²) in [6.45, 7) is 0. The Morgan fingerprint density at radius 3 is 2.26 bits per heavy atom. The molecule has 0 unspecified atom stereocenters. The molecule has 1 aromatic rings. The van der Waals surface area contributed by atoms with Gasteiger partial charge in [-0.05, 0) is 62.1 Å². The summed E-state index contributed by atoms with van der Waals surface area (Å²) in [5.41, 5.74) is 1.30. The van der Waals surface area contributed by atoms with Gasteiger partial charge in [0.25, 0.3) is 0 Å². The lowest BCUT2D eigenvalue weighted by Gasteiger charge is -2.22. The Balaban J connectivity index is 1.53. The van der Waals surface area contributed by atoms with Crippen molar-refractivity contribution in [2.24, 2.45) is 5.92 Å². The van der Waals surface area contributed by atoms with Gasteiger partial charge in [-0.15, -0.1) is 11.8 Å². The molecule has 0 radical (unpaired) electrons. The SMILES string of the molecule is OC1CCC(/C=C/c2ccc(SC3CC3)cc2)CC1. The molecular weight excluding hydrogens is 252 g/mol. The minimum atomic E-state index is -0.0524. The topological polar surface area (TPSA) is 20.2 Å². The summed E-state index contributed by atoms with van der Waals surface area (Å²) >= 11 is 2.01. The van der Waals surface area contributed by atoms with Crippen LogP contribution >= 0.6 is 11.8 Å². The van der Waals surface area contributed by atoms with Crippen molar-refractivity contribution in [3.63, 3.8) is 0 Å². The first-order chi connectivity index (χ1) is 9.29. The van der Waals surface area contributed by atoms with Gasteiger partial charge in [0.2, 0.25) is 0 Å². The molecule has 0 amide bonds. The monoisotopic (exact) mass is 274 g/mol. The van der Waals surface area contributed by atoms with Crippen LogP contribution < -0.4 is 0 Å². The minimum absolute atomic E-state index is 0.0524. The molecule has 1 nitrogen and oxygen atoms in total. The second kappa shape index (κ2) is 6.15. The average molecular weight is 274 g/mol. The molecule has 2 heteroatoms. The molecule has 2 saturated carbocycles. The van der Waals surface area contributed by atoms with E-state index in [2.05, 4.69) is 36.4 Å². The molecule has 2 aliphatic carbocycles. The van der Waals surface area contributed by atoms with Crippen molar-refractivity contribution in [2.75, 3.05) is 0 Å². The second-order valence-electron chi connectivity index (χ2n) is 5.81. The zero-order valence-corrected chi connectivity index (χ0v) is 12.1. The molecule has 102 valence electrons. The summed E-state index contributed by atoms with van der Waals surface area (Å²) in [7, 11) is 0. The third kappa shape index (κ3) is 4.12. The van der Waals surface area contributed by atoms with Crippen molar-refractivity contribution >= 4 is 17.8 Å². The number of aliphatic hydroxyl groups is 1. The van der Waals surface area contributed by atoms with E-state index in [0.717, 1.165) is 30.9 Å². The van der Waals surface area contributed by atoms with Gasteiger partial charge in [-0.25, -0.2) is 0 Å². The van der Waals surface area contributed by atoms with Gasteiger partial charge in [0.1, 0.15) is 0 Å². The molecule has 1 aromatic carbocycles. The molecule has 0 atom stereocenters. The van der Waals surface area contributed by atoms with Crippen molar-refractivity contribution in [1.82, 2.24) is 0 Å². The summed E-state index contributed by atoms with van der Waals surface area (Å²) in [5.74, 6) is 0.656. The number of rotatable bonds is 4. The number of hydrogen-bond acceptors (Lipinski definition) is 2. The second-order valence-corrected chi connectivity index (χ2v) is 7.19. The van der Waals surface area contributed by atoms with Crippen LogP contribution in [0, 0.1) is 5.92 Å². The standard InChI is InChI=1S/C17H22OS/c18-15-7-3-13(4-8-15)1-2-14-5-9-16(10-6-14)19-17-11-12-17/h1-2,5-6,9-10,13,15,17-18H,3-4,7-8,11-12H2/b2-1+. The zero-order valence-electron chi connectivity index (χ0n) is 11.3. The Labute approximate surface area is 120 Å². The van der Waals surface area contributed by atoms with Crippen LogP contribution in [0.5, 0.6) is 0 Å². The smallest absolute Gasteiger partial charge is 0.0540 e. The quantitative estimate of drug-likeness (QED) is 0.872. The Kier molecular flexibility index (Phi) is 4.29. The Morgan fingerprint density at radius 2 is 1.63 bits per heavy atom. The maximum atomic E-state index is 9.49. The van der Waals surface area contributed by atoms with Gasteiger partial charge in [-0.3, -0.25) is 0 Å². The van der Waals surface area contributed by atoms with E-state index in [4.69, 9.17) is 0 Å². The van der Waals surface area contributed by atoms with E-state index in [1.165, 1.54) is 23.3 Å². The van der Waals surface area contributed by atoms with Crippen LogP contribution in [0.1, 0.15) is 44.1 Å². The molecule has 2 aliphatic rings.